The number of nitrogens with one attached hydrogen (secondary N) is 1. The van der Waals surface area contributed by atoms with Crippen LogP contribution in [0.25, 0.3) is 0 Å². The maximum atomic E-state index is 3.71. The standard InChI is InChI=1S/C16H30N2/c1-2-17-16-5-3-4-15(16)12-18(10-13-6-7-13)11-14-8-9-14/h13-17H,2-12H2,1H3. The minimum atomic E-state index is 0.816. The molecule has 2 nitrogen and oxygen atoms in total. The van der Waals surface area contributed by atoms with Crippen molar-refractivity contribution in [2.45, 2.75) is 57.9 Å². The summed E-state index contributed by atoms with van der Waals surface area (Å²) in [7, 11) is 0. The van der Waals surface area contributed by atoms with E-state index in [0.29, 0.717) is 0 Å². The van der Waals surface area contributed by atoms with E-state index in [2.05, 4.69) is 17.1 Å². The van der Waals surface area contributed by atoms with E-state index in [1.165, 1.54) is 64.6 Å². The molecule has 18 heavy (non-hydrogen) atoms. The maximum absolute atomic E-state index is 3.71. The average molecular weight is 250 g/mol. The Labute approximate surface area is 113 Å². The molecule has 0 radical (unpaired) electrons. The quantitative estimate of drug-likeness (QED) is 0.712. The highest BCUT2D eigenvalue weighted by Gasteiger charge is 2.33. The van der Waals surface area contributed by atoms with E-state index in [1.807, 2.05) is 0 Å². The van der Waals surface area contributed by atoms with Gasteiger partial charge in [0.25, 0.3) is 0 Å². The Morgan fingerprint density at radius 2 is 1.56 bits per heavy atom. The van der Waals surface area contributed by atoms with Crippen molar-refractivity contribution >= 4 is 0 Å². The first-order chi connectivity index (χ1) is 8.85. The van der Waals surface area contributed by atoms with Crippen LogP contribution >= 0.6 is 0 Å². The van der Waals surface area contributed by atoms with Crippen molar-refractivity contribution in [3.05, 3.63) is 0 Å². The first-order valence-electron chi connectivity index (χ1n) is 8.31. The zero-order valence-corrected chi connectivity index (χ0v) is 12.0. The summed E-state index contributed by atoms with van der Waals surface area (Å²) in [4.78, 5) is 2.83. The van der Waals surface area contributed by atoms with Crippen LogP contribution in [0.3, 0.4) is 0 Å². The van der Waals surface area contributed by atoms with Gasteiger partial charge in [-0.05, 0) is 62.8 Å². The average Bonchev–Trinajstić information content (AvgIpc) is 3.25. The van der Waals surface area contributed by atoms with Crippen LogP contribution in [0.2, 0.25) is 0 Å². The van der Waals surface area contributed by atoms with Crippen molar-refractivity contribution in [1.82, 2.24) is 10.2 Å². The van der Waals surface area contributed by atoms with Crippen LogP contribution in [0, 0.1) is 17.8 Å². The lowest BCUT2D eigenvalue weighted by Crippen LogP contribution is -2.40. The van der Waals surface area contributed by atoms with Gasteiger partial charge in [0, 0.05) is 25.7 Å². The van der Waals surface area contributed by atoms with Crippen LogP contribution in [0.5, 0.6) is 0 Å². The number of rotatable bonds is 8. The molecule has 0 aromatic heterocycles. The summed E-state index contributed by atoms with van der Waals surface area (Å²) in [6.45, 7) is 7.59. The summed E-state index contributed by atoms with van der Waals surface area (Å²) in [6.07, 6.45) is 10.3. The molecule has 3 fully saturated rings. The maximum Gasteiger partial charge on any atom is 0.0107 e. The Morgan fingerprint density at radius 1 is 0.889 bits per heavy atom. The highest BCUT2D eigenvalue weighted by molar-refractivity contribution is 4.88. The van der Waals surface area contributed by atoms with Gasteiger partial charge in [-0.25, -0.2) is 0 Å². The largest absolute Gasteiger partial charge is 0.314 e. The molecular formula is C16H30N2. The van der Waals surface area contributed by atoms with Gasteiger partial charge in [0.15, 0.2) is 0 Å². The molecule has 0 heterocycles. The van der Waals surface area contributed by atoms with E-state index in [0.717, 1.165) is 30.3 Å². The van der Waals surface area contributed by atoms with Gasteiger partial charge >= 0.3 is 0 Å². The second-order valence-electron chi connectivity index (χ2n) is 6.96. The molecule has 3 aliphatic carbocycles. The third kappa shape index (κ3) is 3.71. The molecule has 3 rings (SSSR count). The first kappa shape index (κ1) is 12.9. The Bertz CT molecular complexity index is 244. The SMILES string of the molecule is CCNC1CCCC1CN(CC1CC1)CC1CC1. The summed E-state index contributed by atoms with van der Waals surface area (Å²) in [6, 6.07) is 0.816. The second-order valence-corrected chi connectivity index (χ2v) is 6.96. The third-order valence-corrected chi connectivity index (χ3v) is 5.04. The molecule has 0 spiro atoms. The van der Waals surface area contributed by atoms with Crippen molar-refractivity contribution in [1.29, 1.82) is 0 Å². The van der Waals surface area contributed by atoms with E-state index in [9.17, 15) is 0 Å². The van der Waals surface area contributed by atoms with Gasteiger partial charge in [0.2, 0.25) is 0 Å². The van der Waals surface area contributed by atoms with E-state index >= 15 is 0 Å². The Hall–Kier alpha value is -0.0800. The van der Waals surface area contributed by atoms with Crippen molar-refractivity contribution in [2.75, 3.05) is 26.2 Å². The predicted octanol–water partition coefficient (Wildman–Crippen LogP) is 2.89. The highest BCUT2D eigenvalue weighted by Crippen LogP contribution is 2.35. The fourth-order valence-corrected chi connectivity index (χ4v) is 3.67. The zero-order valence-electron chi connectivity index (χ0n) is 12.0. The minimum absolute atomic E-state index is 0.816. The first-order valence-corrected chi connectivity index (χ1v) is 8.31. The molecule has 1 N–H and O–H groups in total. The smallest absolute Gasteiger partial charge is 0.0107 e. The molecule has 0 amide bonds. The Balaban J connectivity index is 1.49. The van der Waals surface area contributed by atoms with Crippen LogP contribution in [0.15, 0.2) is 0 Å². The number of hydrogen-bond donors (Lipinski definition) is 1. The van der Waals surface area contributed by atoms with Crippen molar-refractivity contribution in [3.8, 4) is 0 Å². The third-order valence-electron chi connectivity index (χ3n) is 5.04. The number of nitrogens with zero attached hydrogens (tertiary/aromatic N) is 1. The normalized spacial score (nSPS) is 32.3. The summed E-state index contributed by atoms with van der Waals surface area (Å²) in [5.41, 5.74) is 0. The van der Waals surface area contributed by atoms with Crippen LogP contribution in [0.1, 0.15) is 51.9 Å². The predicted molar refractivity (Wildman–Crippen MR) is 76.7 cm³/mol. The summed E-state index contributed by atoms with van der Waals surface area (Å²) < 4.78 is 0. The molecule has 2 unspecified atom stereocenters. The minimum Gasteiger partial charge on any atom is -0.314 e. The molecule has 3 saturated carbocycles. The zero-order chi connectivity index (χ0) is 12.4. The highest BCUT2D eigenvalue weighted by atomic mass is 15.1. The van der Waals surface area contributed by atoms with E-state index < -0.39 is 0 Å². The lowest BCUT2D eigenvalue weighted by molar-refractivity contribution is 0.199. The van der Waals surface area contributed by atoms with Crippen molar-refractivity contribution in [2.24, 2.45) is 17.8 Å². The summed E-state index contributed by atoms with van der Waals surface area (Å²) >= 11 is 0. The molecule has 3 aliphatic rings. The van der Waals surface area contributed by atoms with Crippen LogP contribution in [0.4, 0.5) is 0 Å². The topological polar surface area (TPSA) is 15.3 Å². The van der Waals surface area contributed by atoms with Gasteiger partial charge < -0.3 is 10.2 Å². The molecule has 104 valence electrons. The lowest BCUT2D eigenvalue weighted by atomic mass is 10.0. The van der Waals surface area contributed by atoms with Crippen molar-refractivity contribution < 1.29 is 0 Å². The van der Waals surface area contributed by atoms with Gasteiger partial charge in [0.05, 0.1) is 0 Å². The second kappa shape index (κ2) is 5.92. The van der Waals surface area contributed by atoms with Crippen LogP contribution in [-0.2, 0) is 0 Å². The van der Waals surface area contributed by atoms with Crippen LogP contribution in [-0.4, -0.2) is 37.1 Å². The van der Waals surface area contributed by atoms with E-state index in [1.54, 1.807) is 0 Å². The summed E-state index contributed by atoms with van der Waals surface area (Å²) in [5, 5.41) is 3.71. The van der Waals surface area contributed by atoms with Gasteiger partial charge in [0.1, 0.15) is 0 Å². The van der Waals surface area contributed by atoms with Gasteiger partial charge in [-0.2, -0.15) is 0 Å². The van der Waals surface area contributed by atoms with Crippen molar-refractivity contribution in [3.63, 3.8) is 0 Å². The van der Waals surface area contributed by atoms with Gasteiger partial charge in [-0.15, -0.1) is 0 Å². The fraction of sp³-hybridized carbons (Fsp3) is 1.00. The monoisotopic (exact) mass is 250 g/mol. The summed E-state index contributed by atoms with van der Waals surface area (Å²) in [5.74, 6) is 3.05. The lowest BCUT2D eigenvalue weighted by Gasteiger charge is -2.29. The fourth-order valence-electron chi connectivity index (χ4n) is 3.67. The number of hydrogen-bond acceptors (Lipinski definition) is 2. The molecule has 0 saturated heterocycles. The van der Waals surface area contributed by atoms with E-state index in [-0.39, 0.29) is 0 Å². The Morgan fingerprint density at radius 3 is 2.11 bits per heavy atom. The molecule has 0 aromatic carbocycles. The Kier molecular flexibility index (Phi) is 4.25. The molecule has 0 aliphatic heterocycles. The molecule has 0 bridgehead atoms. The molecule has 0 aromatic rings. The molecular weight excluding hydrogens is 220 g/mol. The molecule has 2 atom stereocenters. The molecule has 2 heteroatoms. The van der Waals surface area contributed by atoms with Crippen LogP contribution < -0.4 is 5.32 Å². The van der Waals surface area contributed by atoms with Gasteiger partial charge in [-0.3, -0.25) is 0 Å². The van der Waals surface area contributed by atoms with Gasteiger partial charge in [-0.1, -0.05) is 13.3 Å². The van der Waals surface area contributed by atoms with E-state index in [4.69, 9.17) is 0 Å².